The number of amides is 2. The molecule has 2 amide bonds. The molecule has 0 aromatic heterocycles. The first kappa shape index (κ1) is 27.8. The minimum Gasteiger partial charge on any atom is -0.494 e. The zero-order chi connectivity index (χ0) is 28.1. The van der Waals surface area contributed by atoms with Crippen molar-refractivity contribution in [3.63, 3.8) is 0 Å². The molecule has 1 aliphatic heterocycles. The van der Waals surface area contributed by atoms with Gasteiger partial charge >= 0.3 is 5.97 Å². The minimum atomic E-state index is -0.691. The number of rotatable bonds is 10. The molecule has 3 aromatic carbocycles. The average molecular weight is 533 g/mol. The highest BCUT2D eigenvalue weighted by Crippen LogP contribution is 2.32. The Morgan fingerprint density at radius 1 is 1.03 bits per heavy atom. The van der Waals surface area contributed by atoms with Gasteiger partial charge in [0.05, 0.1) is 19.4 Å². The fourth-order valence-corrected chi connectivity index (χ4v) is 4.64. The number of nitrogens with one attached hydrogen (secondary N) is 1. The van der Waals surface area contributed by atoms with E-state index in [2.05, 4.69) is 12.2 Å². The first-order valence-electron chi connectivity index (χ1n) is 13.1. The Balaban J connectivity index is 1.47. The number of benzene rings is 3. The highest BCUT2D eigenvalue weighted by molar-refractivity contribution is 6.04. The third-order valence-corrected chi connectivity index (χ3v) is 6.79. The molecule has 0 saturated heterocycles. The molecule has 0 saturated carbocycles. The maximum Gasteiger partial charge on any atom is 0.328 e. The average Bonchev–Trinajstić information content (AvgIpc) is 3.25. The van der Waals surface area contributed by atoms with Crippen molar-refractivity contribution >= 4 is 23.5 Å². The Morgan fingerprint density at radius 2 is 1.72 bits per heavy atom. The molecule has 1 aliphatic rings. The van der Waals surface area contributed by atoms with E-state index < -0.39 is 23.7 Å². The van der Waals surface area contributed by atoms with Crippen molar-refractivity contribution in [3.05, 3.63) is 83.2 Å². The third kappa shape index (κ3) is 6.11. The highest BCUT2D eigenvalue weighted by atomic mass is 19.1. The molecule has 8 heteroatoms. The molecule has 0 aliphatic carbocycles. The van der Waals surface area contributed by atoms with Gasteiger partial charge in [0.25, 0.3) is 11.8 Å². The van der Waals surface area contributed by atoms with E-state index in [9.17, 15) is 14.4 Å². The van der Waals surface area contributed by atoms with E-state index in [1.54, 1.807) is 36.4 Å². The molecule has 0 radical (unpaired) electrons. The molecule has 204 valence electrons. The number of unbranched alkanes of at least 4 members (excludes halogenated alkanes) is 1. The van der Waals surface area contributed by atoms with Crippen LogP contribution in [0.2, 0.25) is 0 Å². The van der Waals surface area contributed by atoms with Gasteiger partial charge in [-0.05, 0) is 71.5 Å². The lowest BCUT2D eigenvalue weighted by atomic mass is 10.00. The van der Waals surface area contributed by atoms with Crippen molar-refractivity contribution in [1.29, 1.82) is 0 Å². The van der Waals surface area contributed by atoms with Crippen molar-refractivity contribution in [1.82, 2.24) is 4.90 Å². The Bertz CT molecular complexity index is 1370. The van der Waals surface area contributed by atoms with Crippen LogP contribution in [0.3, 0.4) is 0 Å². The van der Waals surface area contributed by atoms with Crippen LogP contribution in [0.1, 0.15) is 59.9 Å². The smallest absolute Gasteiger partial charge is 0.328 e. The van der Waals surface area contributed by atoms with Gasteiger partial charge in [0.15, 0.2) is 0 Å². The molecule has 39 heavy (non-hydrogen) atoms. The number of fused-ring (bicyclic) bond motifs is 1. The molecular weight excluding hydrogens is 499 g/mol. The summed E-state index contributed by atoms with van der Waals surface area (Å²) in [5.41, 5.74) is 2.91. The summed E-state index contributed by atoms with van der Waals surface area (Å²) in [6, 6.07) is 15.9. The molecule has 7 nitrogen and oxygen atoms in total. The van der Waals surface area contributed by atoms with Gasteiger partial charge in [0.2, 0.25) is 0 Å². The zero-order valence-electron chi connectivity index (χ0n) is 22.6. The number of carbonyl (C=O) groups excluding carboxylic acids is 3. The molecule has 4 rings (SSSR count). The predicted molar refractivity (Wildman–Crippen MR) is 147 cm³/mol. The molecule has 0 unspecified atom stereocenters. The van der Waals surface area contributed by atoms with Crippen molar-refractivity contribution < 1.29 is 28.2 Å². The standard InChI is InChI=1S/C31H33FN2O5/c1-5-6-15-39-24-12-9-20(10-13-24)29(35)33-27-14-11-22(17-26(27)32)21-7-8-23-18-34(30(36)25(23)16-21)28(19(2)3)31(37)38-4/h7-14,16-17,19,28H,5-6,15,18H2,1-4H3,(H,33,35)/t28-/m0/s1. The number of methoxy groups -OCH3 is 1. The van der Waals surface area contributed by atoms with Gasteiger partial charge in [-0.2, -0.15) is 0 Å². The van der Waals surface area contributed by atoms with Crippen LogP contribution in [0.25, 0.3) is 11.1 Å². The van der Waals surface area contributed by atoms with E-state index in [-0.39, 0.29) is 17.5 Å². The molecule has 0 spiro atoms. The van der Waals surface area contributed by atoms with Crippen LogP contribution in [-0.2, 0) is 16.1 Å². The summed E-state index contributed by atoms with van der Waals surface area (Å²) >= 11 is 0. The number of nitrogens with zero attached hydrogens (tertiary/aromatic N) is 1. The second-order valence-electron chi connectivity index (χ2n) is 9.89. The molecule has 3 aromatic rings. The Morgan fingerprint density at radius 3 is 2.36 bits per heavy atom. The van der Waals surface area contributed by atoms with Crippen LogP contribution in [-0.4, -0.2) is 42.4 Å². The lowest BCUT2D eigenvalue weighted by molar-refractivity contribution is -0.147. The Labute approximate surface area is 227 Å². The van der Waals surface area contributed by atoms with Gasteiger partial charge in [0, 0.05) is 17.7 Å². The van der Waals surface area contributed by atoms with Crippen LogP contribution in [0.15, 0.2) is 60.7 Å². The number of ether oxygens (including phenoxy) is 2. The summed E-state index contributed by atoms with van der Waals surface area (Å²) in [7, 11) is 1.31. The molecule has 1 N–H and O–H groups in total. The third-order valence-electron chi connectivity index (χ3n) is 6.79. The summed E-state index contributed by atoms with van der Waals surface area (Å²) in [5, 5.41) is 2.61. The van der Waals surface area contributed by atoms with Crippen LogP contribution >= 0.6 is 0 Å². The van der Waals surface area contributed by atoms with E-state index in [4.69, 9.17) is 9.47 Å². The first-order chi connectivity index (χ1) is 18.7. The zero-order valence-corrected chi connectivity index (χ0v) is 22.6. The number of esters is 1. The number of hydrogen-bond donors (Lipinski definition) is 1. The van der Waals surface area contributed by atoms with Crippen LogP contribution < -0.4 is 10.1 Å². The maximum absolute atomic E-state index is 15.0. The fourth-order valence-electron chi connectivity index (χ4n) is 4.64. The Hall–Kier alpha value is -4.20. The molecule has 0 bridgehead atoms. The second-order valence-corrected chi connectivity index (χ2v) is 9.89. The summed E-state index contributed by atoms with van der Waals surface area (Å²) in [4.78, 5) is 39.7. The highest BCUT2D eigenvalue weighted by Gasteiger charge is 2.38. The lowest BCUT2D eigenvalue weighted by Gasteiger charge is -2.28. The number of carbonyl (C=O) groups is 3. The largest absolute Gasteiger partial charge is 0.494 e. The number of halogens is 1. The first-order valence-corrected chi connectivity index (χ1v) is 13.1. The monoisotopic (exact) mass is 532 g/mol. The Kier molecular flexibility index (Phi) is 8.64. The normalized spacial score (nSPS) is 13.3. The molecular formula is C31H33FN2O5. The summed E-state index contributed by atoms with van der Waals surface area (Å²) in [6.07, 6.45) is 1.98. The van der Waals surface area contributed by atoms with Crippen molar-refractivity contribution in [3.8, 4) is 16.9 Å². The maximum atomic E-state index is 15.0. The van der Waals surface area contributed by atoms with E-state index in [0.29, 0.717) is 41.2 Å². The van der Waals surface area contributed by atoms with Crippen LogP contribution in [0, 0.1) is 11.7 Å². The topological polar surface area (TPSA) is 84.9 Å². The van der Waals surface area contributed by atoms with Crippen LogP contribution in [0.4, 0.5) is 10.1 Å². The molecule has 0 fully saturated rings. The summed E-state index contributed by atoms with van der Waals surface area (Å²) < 4.78 is 25.6. The minimum absolute atomic E-state index is 0.0493. The van der Waals surface area contributed by atoms with Crippen LogP contribution in [0.5, 0.6) is 5.75 Å². The van der Waals surface area contributed by atoms with E-state index in [1.165, 1.54) is 24.1 Å². The van der Waals surface area contributed by atoms with E-state index in [0.717, 1.165) is 18.4 Å². The second kappa shape index (κ2) is 12.1. The number of anilines is 1. The number of hydrogen-bond acceptors (Lipinski definition) is 5. The molecule has 1 heterocycles. The van der Waals surface area contributed by atoms with Gasteiger partial charge in [-0.15, -0.1) is 0 Å². The SMILES string of the molecule is CCCCOc1ccc(C(=O)Nc2ccc(-c3ccc4c(c3)C(=O)N([C@H](C(=O)OC)C(C)C)C4)cc2F)cc1. The van der Waals surface area contributed by atoms with Crippen molar-refractivity contribution in [2.75, 3.05) is 19.0 Å². The van der Waals surface area contributed by atoms with E-state index >= 15 is 4.39 Å². The summed E-state index contributed by atoms with van der Waals surface area (Å²) in [6.45, 7) is 6.73. The van der Waals surface area contributed by atoms with E-state index in [1.807, 2.05) is 26.0 Å². The van der Waals surface area contributed by atoms with Gasteiger partial charge in [0.1, 0.15) is 17.6 Å². The molecule has 1 atom stereocenters. The van der Waals surface area contributed by atoms with Crippen molar-refractivity contribution in [2.24, 2.45) is 5.92 Å². The fraction of sp³-hybridized carbons (Fsp3) is 0.323. The predicted octanol–water partition coefficient (Wildman–Crippen LogP) is 6.08. The van der Waals surface area contributed by atoms with Gasteiger partial charge in [-0.1, -0.05) is 45.4 Å². The van der Waals surface area contributed by atoms with Crippen molar-refractivity contribution in [2.45, 2.75) is 46.2 Å². The lowest BCUT2D eigenvalue weighted by Crippen LogP contribution is -2.45. The quantitative estimate of drug-likeness (QED) is 0.253. The van der Waals surface area contributed by atoms with Gasteiger partial charge in [-0.3, -0.25) is 9.59 Å². The van der Waals surface area contributed by atoms with Gasteiger partial charge in [-0.25, -0.2) is 9.18 Å². The van der Waals surface area contributed by atoms with Gasteiger partial charge < -0.3 is 19.7 Å². The summed E-state index contributed by atoms with van der Waals surface area (Å²) in [5.74, 6) is -1.19.